The molecule has 4 atom stereocenters. The van der Waals surface area contributed by atoms with Crippen molar-refractivity contribution < 1.29 is 43.3 Å². The number of likely N-dealkylation sites (tertiary alicyclic amines) is 1. The lowest BCUT2D eigenvalue weighted by Gasteiger charge is -2.35. The van der Waals surface area contributed by atoms with E-state index >= 15 is 0 Å². The minimum absolute atomic E-state index is 0.0258. The molecule has 0 saturated carbocycles. The first kappa shape index (κ1) is 58.9. The molecule has 0 unspecified atom stereocenters. The number of halogens is 2. The van der Waals surface area contributed by atoms with Crippen molar-refractivity contribution in [2.24, 2.45) is 5.41 Å². The molecule has 21 nitrogen and oxygen atoms in total. The molecule has 6 N–H and O–H groups in total. The predicted molar refractivity (Wildman–Crippen MR) is 302 cm³/mol. The summed E-state index contributed by atoms with van der Waals surface area (Å²) in [7, 11) is 4.42. The van der Waals surface area contributed by atoms with Crippen molar-refractivity contribution in [3.05, 3.63) is 93.8 Å². The maximum Gasteiger partial charge on any atom is 0.327 e. The van der Waals surface area contributed by atoms with Crippen LogP contribution in [0.5, 0.6) is 11.5 Å². The zero-order valence-electron chi connectivity index (χ0n) is 45.0. The number of piperazine rings is 1. The van der Waals surface area contributed by atoms with Crippen LogP contribution in [0, 0.1) is 12.3 Å². The summed E-state index contributed by atoms with van der Waals surface area (Å²) in [6.07, 6.45) is 0.502. The second kappa shape index (κ2) is 26.7. The highest BCUT2D eigenvalue weighted by atomic mass is 35.5. The smallest absolute Gasteiger partial charge is 0.327 e. The molecule has 5 aromatic rings. The standard InChI is InChI=1S/C54H68Cl2N12O9S/c1-32(34-9-11-35(12-10-34)49-33(2)60-31-78-49)61-51(72)39-25-38(69)28-68(39)52(73)50(54(3,4)5)63-44(70)17-23-77-24-18-57-45(71)29-66-19-21-67(22-20-66)37-15-13-36(14-16-37)62-42-27-43(59-30-58-42)65(6)53(74)64-48-46(55)40(75-7)26-41(76-8)47(48)56/h9-16,26-27,30-32,38-39,50,69H,17-25,28-29H2,1-8H3,(H,57,71)(H,61,72)(H,63,70)(H,64,74)(H,58,59,62)/t32-,38+,39-,50+/m0/s1. The number of anilines is 5. The first-order valence-electron chi connectivity index (χ1n) is 25.5. The van der Waals surface area contributed by atoms with Crippen LogP contribution in [-0.2, 0) is 23.9 Å². The third-order valence-electron chi connectivity index (χ3n) is 13.5. The molecule has 2 fully saturated rings. The number of hydrogen-bond acceptors (Lipinski definition) is 16. The molecule has 0 bridgehead atoms. The Kier molecular flexibility index (Phi) is 20.1. The number of carbonyl (C=O) groups is 5. The summed E-state index contributed by atoms with van der Waals surface area (Å²) in [5, 5.41) is 25.6. The quantitative estimate of drug-likeness (QED) is 0.0421. The Balaban J connectivity index is 0.788. The zero-order valence-corrected chi connectivity index (χ0v) is 47.4. The number of urea groups is 1. The van der Waals surface area contributed by atoms with Crippen molar-refractivity contribution in [2.75, 3.05) is 101 Å². The van der Waals surface area contributed by atoms with E-state index in [1.807, 2.05) is 88.7 Å². The third-order valence-corrected chi connectivity index (χ3v) is 15.2. The van der Waals surface area contributed by atoms with Gasteiger partial charge in [0, 0.05) is 82.7 Å². The molecule has 418 valence electrons. The number of nitrogens with one attached hydrogen (secondary N) is 5. The van der Waals surface area contributed by atoms with Gasteiger partial charge in [0.15, 0.2) is 0 Å². The van der Waals surface area contributed by atoms with E-state index in [-0.39, 0.29) is 90.8 Å². The molecule has 7 rings (SSSR count). The van der Waals surface area contributed by atoms with Gasteiger partial charge in [-0.3, -0.25) is 29.0 Å². The Morgan fingerprint density at radius 2 is 1.56 bits per heavy atom. The minimum Gasteiger partial charge on any atom is -0.495 e. The predicted octanol–water partition coefficient (Wildman–Crippen LogP) is 6.66. The zero-order chi connectivity index (χ0) is 56.3. The monoisotopic (exact) mass is 1130 g/mol. The number of rotatable bonds is 21. The van der Waals surface area contributed by atoms with Crippen LogP contribution in [-0.4, -0.2) is 158 Å². The van der Waals surface area contributed by atoms with Crippen LogP contribution in [0.3, 0.4) is 0 Å². The summed E-state index contributed by atoms with van der Waals surface area (Å²) in [4.78, 5) is 88.1. The summed E-state index contributed by atoms with van der Waals surface area (Å²) in [6, 6.07) is 16.1. The van der Waals surface area contributed by atoms with Gasteiger partial charge in [-0.05, 0) is 54.7 Å². The largest absolute Gasteiger partial charge is 0.495 e. The molecule has 2 aliphatic rings. The maximum atomic E-state index is 14.1. The van der Waals surface area contributed by atoms with Crippen LogP contribution in [0.1, 0.15) is 57.8 Å². The van der Waals surface area contributed by atoms with Crippen molar-refractivity contribution in [2.45, 2.75) is 71.7 Å². The second-order valence-corrected chi connectivity index (χ2v) is 21.7. The summed E-state index contributed by atoms with van der Waals surface area (Å²) in [5.74, 6) is -0.0609. The first-order valence-corrected chi connectivity index (χ1v) is 27.1. The number of aliphatic hydroxyl groups is 1. The van der Waals surface area contributed by atoms with E-state index in [0.717, 1.165) is 46.2 Å². The Morgan fingerprint density at radius 1 is 0.885 bits per heavy atom. The molecule has 24 heteroatoms. The minimum atomic E-state index is -0.972. The number of β-amino-alcohol motifs (C(OH)–C–C–N with tert-alkyl or cyclic N) is 1. The van der Waals surface area contributed by atoms with E-state index in [9.17, 15) is 29.1 Å². The topological polar surface area (TPSA) is 245 Å². The number of thiazole rings is 1. The molecule has 2 aliphatic heterocycles. The Morgan fingerprint density at radius 3 is 2.19 bits per heavy atom. The van der Waals surface area contributed by atoms with Crippen LogP contribution in [0.2, 0.25) is 10.0 Å². The fourth-order valence-corrected chi connectivity index (χ4v) is 10.4. The van der Waals surface area contributed by atoms with Crippen LogP contribution >= 0.6 is 34.5 Å². The number of amides is 6. The van der Waals surface area contributed by atoms with Gasteiger partial charge in [-0.15, -0.1) is 11.3 Å². The molecule has 0 aliphatic carbocycles. The van der Waals surface area contributed by atoms with Crippen molar-refractivity contribution in [1.82, 2.24) is 40.7 Å². The highest BCUT2D eigenvalue weighted by molar-refractivity contribution is 7.13. The normalized spacial score (nSPS) is 16.4. The van der Waals surface area contributed by atoms with E-state index in [4.69, 9.17) is 37.4 Å². The van der Waals surface area contributed by atoms with Crippen LogP contribution < -0.4 is 45.9 Å². The van der Waals surface area contributed by atoms with Gasteiger partial charge in [0.05, 0.1) is 67.9 Å². The highest BCUT2D eigenvalue weighted by Crippen LogP contribution is 2.44. The number of aliphatic hydroxyl groups excluding tert-OH is 1. The van der Waals surface area contributed by atoms with Gasteiger partial charge < -0.3 is 55.7 Å². The van der Waals surface area contributed by atoms with Gasteiger partial charge in [-0.2, -0.15) is 0 Å². The maximum absolute atomic E-state index is 14.1. The highest BCUT2D eigenvalue weighted by Gasteiger charge is 2.45. The van der Waals surface area contributed by atoms with Crippen molar-refractivity contribution in [3.8, 4) is 21.9 Å². The average Bonchev–Trinajstić information content (AvgIpc) is 4.09. The van der Waals surface area contributed by atoms with Crippen molar-refractivity contribution in [3.63, 3.8) is 0 Å². The fraction of sp³-hybridized carbons (Fsp3) is 0.444. The number of methoxy groups -OCH3 is 2. The summed E-state index contributed by atoms with van der Waals surface area (Å²) in [5.41, 5.74) is 5.89. The Labute approximate surface area is 468 Å². The lowest BCUT2D eigenvalue weighted by atomic mass is 9.85. The number of ether oxygens (including phenoxy) is 3. The lowest BCUT2D eigenvalue weighted by molar-refractivity contribution is -0.144. The molecule has 0 spiro atoms. The molecule has 2 aromatic heterocycles. The van der Waals surface area contributed by atoms with Crippen molar-refractivity contribution >= 4 is 92.9 Å². The molecular formula is C54H68Cl2N12O9S. The number of aromatic nitrogens is 3. The van der Waals surface area contributed by atoms with E-state index in [1.54, 1.807) is 24.5 Å². The summed E-state index contributed by atoms with van der Waals surface area (Å²) in [6.45, 7) is 12.8. The Bertz CT molecular complexity index is 2870. The summed E-state index contributed by atoms with van der Waals surface area (Å²) < 4.78 is 16.3. The van der Waals surface area contributed by atoms with Crippen LogP contribution in [0.25, 0.3) is 10.4 Å². The molecule has 6 amide bonds. The van der Waals surface area contributed by atoms with Crippen LogP contribution in [0.4, 0.5) is 33.5 Å². The SMILES string of the molecule is COc1cc(OC)c(Cl)c(NC(=O)N(C)c2cc(Nc3ccc(N4CCN(CC(=O)NCCOCCC(=O)N[C@H](C(=O)N5C[C@H](O)C[C@H]5C(=O)N[C@@H](C)c5ccc(-c6scnc6C)cc5)C(C)(C)C)CC4)cc3)ncn2)c1Cl. The van der Waals surface area contributed by atoms with E-state index < -0.39 is 41.4 Å². The second-order valence-electron chi connectivity index (χ2n) is 20.1. The first-order chi connectivity index (χ1) is 37.2. The van der Waals surface area contributed by atoms with Crippen molar-refractivity contribution in [1.29, 1.82) is 0 Å². The van der Waals surface area contributed by atoms with Gasteiger partial charge in [0.2, 0.25) is 23.6 Å². The molecule has 78 heavy (non-hydrogen) atoms. The molecular weight excluding hydrogens is 1060 g/mol. The Hall–Kier alpha value is -6.82. The number of carbonyl (C=O) groups excluding carboxylic acids is 5. The van der Waals surface area contributed by atoms with Gasteiger partial charge in [0.25, 0.3) is 0 Å². The fourth-order valence-electron chi connectivity index (χ4n) is 8.99. The summed E-state index contributed by atoms with van der Waals surface area (Å²) >= 11 is 14.5. The van der Waals surface area contributed by atoms with Crippen LogP contribution in [0.15, 0.2) is 72.5 Å². The van der Waals surface area contributed by atoms with E-state index in [2.05, 4.69) is 51.3 Å². The van der Waals surface area contributed by atoms with E-state index in [0.29, 0.717) is 24.7 Å². The lowest BCUT2D eigenvalue weighted by Crippen LogP contribution is -2.58. The van der Waals surface area contributed by atoms with Gasteiger partial charge in [0.1, 0.15) is 51.6 Å². The average molecular weight is 1130 g/mol. The number of aryl methyl sites for hydroxylation is 1. The number of hydrogen-bond donors (Lipinski definition) is 6. The van der Waals surface area contributed by atoms with Gasteiger partial charge in [-0.1, -0.05) is 68.2 Å². The number of nitrogens with zero attached hydrogens (tertiary/aromatic N) is 7. The van der Waals surface area contributed by atoms with Gasteiger partial charge in [-0.25, -0.2) is 19.7 Å². The molecule has 4 heterocycles. The molecule has 0 radical (unpaired) electrons. The number of benzene rings is 3. The third kappa shape index (κ3) is 15.0. The van der Waals surface area contributed by atoms with Gasteiger partial charge >= 0.3 is 6.03 Å². The van der Waals surface area contributed by atoms with E-state index in [1.165, 1.54) is 36.4 Å². The molecule has 2 saturated heterocycles. The molecule has 3 aromatic carbocycles.